The molecule has 4 nitrogen and oxygen atoms in total. The zero-order valence-corrected chi connectivity index (χ0v) is 9.09. The van der Waals surface area contributed by atoms with Crippen LogP contribution in [-0.2, 0) is 0 Å². The number of carbonyl (C=O) groups is 1. The second-order valence-corrected chi connectivity index (χ2v) is 3.93. The van der Waals surface area contributed by atoms with E-state index in [0.717, 1.165) is 17.4 Å². The summed E-state index contributed by atoms with van der Waals surface area (Å²) in [7, 11) is 0. The van der Waals surface area contributed by atoms with E-state index in [1.54, 1.807) is 0 Å². The van der Waals surface area contributed by atoms with Crippen molar-refractivity contribution in [1.29, 1.82) is 0 Å². The number of benzene rings is 1. The van der Waals surface area contributed by atoms with E-state index in [4.69, 9.17) is 5.11 Å². The summed E-state index contributed by atoms with van der Waals surface area (Å²) in [6, 6.07) is 3.66. The van der Waals surface area contributed by atoms with Gasteiger partial charge in [-0.3, -0.25) is 0 Å². The number of hydrogen-bond donors (Lipinski definition) is 2. The smallest absolute Gasteiger partial charge is 0.355 e. The van der Waals surface area contributed by atoms with Crippen molar-refractivity contribution in [3.05, 3.63) is 40.9 Å². The number of thiazole rings is 1. The Morgan fingerprint density at radius 2 is 2.18 bits per heavy atom. The van der Waals surface area contributed by atoms with Crippen LogP contribution in [0.2, 0.25) is 0 Å². The molecule has 0 aliphatic rings. The number of aromatic nitrogens is 1. The molecule has 88 valence electrons. The average Bonchev–Trinajstić information content (AvgIpc) is 2.73. The largest absolute Gasteiger partial charge is 0.476 e. The van der Waals surface area contributed by atoms with E-state index < -0.39 is 17.6 Å². The highest BCUT2D eigenvalue weighted by atomic mass is 32.1. The number of aromatic carboxylic acids is 1. The van der Waals surface area contributed by atoms with Crippen LogP contribution in [0.5, 0.6) is 0 Å². The van der Waals surface area contributed by atoms with Gasteiger partial charge in [-0.1, -0.05) is 6.07 Å². The van der Waals surface area contributed by atoms with E-state index >= 15 is 0 Å². The number of carboxylic acid groups (broad SMARTS) is 1. The Morgan fingerprint density at radius 3 is 2.82 bits per heavy atom. The van der Waals surface area contributed by atoms with Crippen LogP contribution in [0, 0.1) is 11.6 Å². The van der Waals surface area contributed by atoms with Gasteiger partial charge >= 0.3 is 5.97 Å². The zero-order valence-electron chi connectivity index (χ0n) is 8.28. The maximum absolute atomic E-state index is 13.3. The van der Waals surface area contributed by atoms with E-state index in [9.17, 15) is 13.6 Å². The number of halogens is 2. The number of nitrogens with zero attached hydrogens (tertiary/aromatic N) is 1. The van der Waals surface area contributed by atoms with Crippen molar-refractivity contribution in [1.82, 2.24) is 4.98 Å². The lowest BCUT2D eigenvalue weighted by molar-refractivity contribution is 0.0691. The van der Waals surface area contributed by atoms with Crippen LogP contribution in [0.15, 0.2) is 23.6 Å². The molecular formula is C10H6F2N2O2S. The molecule has 0 radical (unpaired) electrons. The molecule has 1 heterocycles. The highest BCUT2D eigenvalue weighted by Gasteiger charge is 2.11. The molecule has 0 aliphatic carbocycles. The summed E-state index contributed by atoms with van der Waals surface area (Å²) in [5.74, 6) is -3.18. The Hall–Kier alpha value is -2.02. The van der Waals surface area contributed by atoms with Gasteiger partial charge in [-0.05, 0) is 12.1 Å². The molecule has 0 saturated heterocycles. The van der Waals surface area contributed by atoms with E-state index in [2.05, 4.69) is 10.3 Å². The molecule has 2 N–H and O–H groups in total. The first-order valence-electron chi connectivity index (χ1n) is 4.48. The standard InChI is InChI=1S/C10H6F2N2O2S/c11-5-2-1-3-6(8(5)12)13-10-14-7(4-17-10)9(15)16/h1-4H,(H,13,14)(H,15,16). The summed E-state index contributed by atoms with van der Waals surface area (Å²) in [4.78, 5) is 14.3. The molecule has 0 unspecified atom stereocenters. The van der Waals surface area contributed by atoms with Gasteiger partial charge in [0.1, 0.15) is 0 Å². The maximum Gasteiger partial charge on any atom is 0.355 e. The van der Waals surface area contributed by atoms with Gasteiger partial charge in [0.2, 0.25) is 0 Å². The van der Waals surface area contributed by atoms with Crippen molar-refractivity contribution >= 4 is 28.1 Å². The average molecular weight is 256 g/mol. The van der Waals surface area contributed by atoms with E-state index in [-0.39, 0.29) is 16.5 Å². The lowest BCUT2D eigenvalue weighted by Crippen LogP contribution is -1.98. The minimum Gasteiger partial charge on any atom is -0.476 e. The number of carboxylic acids is 1. The van der Waals surface area contributed by atoms with Crippen LogP contribution in [0.4, 0.5) is 19.6 Å². The molecule has 0 bridgehead atoms. The van der Waals surface area contributed by atoms with Crippen LogP contribution >= 0.6 is 11.3 Å². The molecule has 2 rings (SSSR count). The lowest BCUT2D eigenvalue weighted by Gasteiger charge is -2.03. The third-order valence-electron chi connectivity index (χ3n) is 1.92. The van der Waals surface area contributed by atoms with Gasteiger partial charge < -0.3 is 10.4 Å². The van der Waals surface area contributed by atoms with Gasteiger partial charge in [0, 0.05) is 5.38 Å². The maximum atomic E-state index is 13.3. The van der Waals surface area contributed by atoms with Crippen molar-refractivity contribution < 1.29 is 18.7 Å². The Balaban J connectivity index is 2.25. The van der Waals surface area contributed by atoms with Crippen molar-refractivity contribution in [2.45, 2.75) is 0 Å². The van der Waals surface area contributed by atoms with Crippen LogP contribution in [0.3, 0.4) is 0 Å². The quantitative estimate of drug-likeness (QED) is 0.886. The monoisotopic (exact) mass is 256 g/mol. The predicted molar refractivity (Wildman–Crippen MR) is 58.7 cm³/mol. The molecule has 17 heavy (non-hydrogen) atoms. The number of anilines is 2. The van der Waals surface area contributed by atoms with Crippen LogP contribution in [0.25, 0.3) is 0 Å². The lowest BCUT2D eigenvalue weighted by atomic mass is 10.3. The second kappa shape index (κ2) is 4.46. The fourth-order valence-corrected chi connectivity index (χ4v) is 1.84. The topological polar surface area (TPSA) is 62.2 Å². The Labute approximate surface area is 98.6 Å². The summed E-state index contributed by atoms with van der Waals surface area (Å²) in [5.41, 5.74) is -0.231. The molecule has 1 aromatic heterocycles. The number of nitrogens with one attached hydrogen (secondary N) is 1. The molecule has 0 atom stereocenters. The third-order valence-corrected chi connectivity index (χ3v) is 2.67. The summed E-state index contributed by atoms with van der Waals surface area (Å²) >= 11 is 0.995. The fourth-order valence-electron chi connectivity index (χ4n) is 1.14. The van der Waals surface area contributed by atoms with Crippen molar-refractivity contribution in [2.75, 3.05) is 5.32 Å². The van der Waals surface area contributed by atoms with Crippen molar-refractivity contribution in [2.24, 2.45) is 0 Å². The van der Waals surface area contributed by atoms with Crippen LogP contribution in [-0.4, -0.2) is 16.1 Å². The Kier molecular flexibility index (Phi) is 3.01. The minimum absolute atomic E-state index is 0.0868. The van der Waals surface area contributed by atoms with Gasteiger partial charge in [-0.2, -0.15) is 0 Å². The predicted octanol–water partition coefficient (Wildman–Crippen LogP) is 2.86. The van der Waals surface area contributed by atoms with Gasteiger partial charge in [-0.25, -0.2) is 18.6 Å². The van der Waals surface area contributed by atoms with Gasteiger partial charge in [0.05, 0.1) is 5.69 Å². The Bertz CT molecular complexity index is 571. The Morgan fingerprint density at radius 1 is 1.41 bits per heavy atom. The van der Waals surface area contributed by atoms with E-state index in [1.807, 2.05) is 0 Å². The van der Waals surface area contributed by atoms with Crippen LogP contribution in [0.1, 0.15) is 10.5 Å². The van der Waals surface area contributed by atoms with Crippen molar-refractivity contribution in [3.63, 3.8) is 0 Å². The molecule has 0 saturated carbocycles. The van der Waals surface area contributed by atoms with Gasteiger partial charge in [0.25, 0.3) is 0 Å². The normalized spacial score (nSPS) is 10.2. The molecule has 0 amide bonds. The van der Waals surface area contributed by atoms with E-state index in [1.165, 1.54) is 17.5 Å². The van der Waals surface area contributed by atoms with Gasteiger partial charge in [-0.15, -0.1) is 11.3 Å². The molecule has 0 aliphatic heterocycles. The molecule has 1 aromatic carbocycles. The van der Waals surface area contributed by atoms with Gasteiger partial charge in [0.15, 0.2) is 22.5 Å². The van der Waals surface area contributed by atoms with Crippen molar-refractivity contribution in [3.8, 4) is 0 Å². The summed E-state index contributed by atoms with van der Waals surface area (Å²) < 4.78 is 26.2. The highest BCUT2D eigenvalue weighted by Crippen LogP contribution is 2.24. The minimum atomic E-state index is -1.17. The molecule has 0 spiro atoms. The van der Waals surface area contributed by atoms with Crippen LogP contribution < -0.4 is 5.32 Å². The molecule has 2 aromatic rings. The fraction of sp³-hybridized carbons (Fsp3) is 0. The van der Waals surface area contributed by atoms with E-state index in [0.29, 0.717) is 0 Å². The molecule has 0 fully saturated rings. The first kappa shape index (κ1) is 11.5. The molecular weight excluding hydrogens is 250 g/mol. The number of rotatable bonds is 3. The first-order chi connectivity index (χ1) is 8.08. The SMILES string of the molecule is O=C(O)c1csc(Nc2cccc(F)c2F)n1. The molecule has 7 heteroatoms. The summed E-state index contributed by atoms with van der Waals surface area (Å²) in [5, 5.41) is 12.7. The summed E-state index contributed by atoms with van der Waals surface area (Å²) in [6.45, 7) is 0. The zero-order chi connectivity index (χ0) is 12.4. The second-order valence-electron chi connectivity index (χ2n) is 3.07. The summed E-state index contributed by atoms with van der Waals surface area (Å²) in [6.07, 6.45) is 0. The number of hydrogen-bond acceptors (Lipinski definition) is 4. The first-order valence-corrected chi connectivity index (χ1v) is 5.36. The highest BCUT2D eigenvalue weighted by molar-refractivity contribution is 7.14. The third kappa shape index (κ3) is 2.39.